The van der Waals surface area contributed by atoms with Gasteiger partial charge in [-0.3, -0.25) is 4.79 Å². The first kappa shape index (κ1) is 13.5. The van der Waals surface area contributed by atoms with Crippen LogP contribution in [-0.4, -0.2) is 5.91 Å². The van der Waals surface area contributed by atoms with Gasteiger partial charge in [0, 0.05) is 10.9 Å². The second-order valence-corrected chi connectivity index (χ2v) is 5.75. The van der Waals surface area contributed by atoms with Crippen molar-refractivity contribution in [2.24, 2.45) is 5.92 Å². The van der Waals surface area contributed by atoms with Gasteiger partial charge in [0.2, 0.25) is 5.91 Å². The average molecular weight is 306 g/mol. The molecule has 1 fully saturated rings. The number of benzene rings is 2. The summed E-state index contributed by atoms with van der Waals surface area (Å²) in [5.74, 6) is 0.195. The van der Waals surface area contributed by atoms with E-state index in [2.05, 4.69) is 5.32 Å². The summed E-state index contributed by atoms with van der Waals surface area (Å²) in [5, 5.41) is 4.16. The Balaban J connectivity index is 1.69. The lowest BCUT2D eigenvalue weighted by Crippen LogP contribution is -2.14. The molecule has 102 valence electrons. The summed E-state index contributed by atoms with van der Waals surface area (Å²) in [6.07, 6.45) is 0.833. The van der Waals surface area contributed by atoms with Crippen molar-refractivity contribution in [1.82, 2.24) is 0 Å². The molecule has 20 heavy (non-hydrogen) atoms. The summed E-state index contributed by atoms with van der Waals surface area (Å²) < 4.78 is 0. The maximum Gasteiger partial charge on any atom is 0.228 e. The number of rotatable bonds is 3. The number of nitrogens with one attached hydrogen (secondary N) is 1. The molecule has 1 saturated carbocycles. The van der Waals surface area contributed by atoms with Gasteiger partial charge in [-0.15, -0.1) is 0 Å². The summed E-state index contributed by atoms with van der Waals surface area (Å²) in [5.41, 5.74) is 1.71. The third-order valence-corrected chi connectivity index (χ3v) is 4.24. The highest BCUT2D eigenvalue weighted by molar-refractivity contribution is 6.33. The molecule has 1 aliphatic carbocycles. The number of amides is 1. The third-order valence-electron chi connectivity index (χ3n) is 3.56. The Labute approximate surface area is 127 Å². The minimum atomic E-state index is -0.0221. The topological polar surface area (TPSA) is 29.1 Å². The zero-order valence-electron chi connectivity index (χ0n) is 10.6. The molecule has 1 N–H and O–H groups in total. The lowest BCUT2D eigenvalue weighted by molar-refractivity contribution is -0.117. The standard InChI is InChI=1S/C16H13Cl2NO/c17-13-6-2-1-5-10(13)11-9-12(11)16(20)19-15-8-4-3-7-14(15)18/h1-8,11-12H,9H2,(H,19,20). The summed E-state index contributed by atoms with van der Waals surface area (Å²) in [4.78, 5) is 12.2. The van der Waals surface area contributed by atoms with Crippen molar-refractivity contribution in [3.63, 3.8) is 0 Å². The van der Waals surface area contributed by atoms with Crippen molar-refractivity contribution in [3.8, 4) is 0 Å². The van der Waals surface area contributed by atoms with Gasteiger partial charge in [-0.1, -0.05) is 53.5 Å². The van der Waals surface area contributed by atoms with Crippen LogP contribution in [0.3, 0.4) is 0 Å². The molecule has 2 aromatic carbocycles. The maximum atomic E-state index is 12.2. The van der Waals surface area contributed by atoms with Crippen LogP contribution in [-0.2, 0) is 4.79 Å². The molecule has 0 spiro atoms. The van der Waals surface area contributed by atoms with E-state index in [1.807, 2.05) is 36.4 Å². The van der Waals surface area contributed by atoms with E-state index >= 15 is 0 Å². The lowest BCUT2D eigenvalue weighted by Gasteiger charge is -2.07. The fourth-order valence-corrected chi connectivity index (χ4v) is 2.85. The number of hydrogen-bond acceptors (Lipinski definition) is 1. The molecule has 0 aliphatic heterocycles. The number of halogens is 2. The van der Waals surface area contributed by atoms with E-state index in [1.54, 1.807) is 12.1 Å². The Morgan fingerprint density at radius 3 is 2.35 bits per heavy atom. The normalized spacial score (nSPS) is 20.5. The van der Waals surface area contributed by atoms with Crippen LogP contribution in [0.15, 0.2) is 48.5 Å². The molecule has 4 heteroatoms. The van der Waals surface area contributed by atoms with E-state index in [0.29, 0.717) is 10.7 Å². The number of anilines is 1. The molecule has 0 bridgehead atoms. The maximum absolute atomic E-state index is 12.2. The van der Waals surface area contributed by atoms with Crippen LogP contribution in [0.5, 0.6) is 0 Å². The number of para-hydroxylation sites is 1. The van der Waals surface area contributed by atoms with Crippen molar-refractivity contribution >= 4 is 34.8 Å². The molecule has 1 amide bonds. The molecule has 2 atom stereocenters. The Morgan fingerprint density at radius 2 is 1.65 bits per heavy atom. The van der Waals surface area contributed by atoms with Crippen molar-refractivity contribution < 1.29 is 4.79 Å². The average Bonchev–Trinajstić information content (AvgIpc) is 3.22. The Hall–Kier alpha value is -1.51. The zero-order valence-corrected chi connectivity index (χ0v) is 12.2. The minimum Gasteiger partial charge on any atom is -0.325 e. The van der Waals surface area contributed by atoms with Crippen LogP contribution in [0.4, 0.5) is 5.69 Å². The summed E-state index contributed by atoms with van der Waals surface area (Å²) >= 11 is 12.2. The SMILES string of the molecule is O=C(Nc1ccccc1Cl)C1CC1c1ccccc1Cl. The van der Waals surface area contributed by atoms with E-state index in [9.17, 15) is 4.79 Å². The number of hydrogen-bond donors (Lipinski definition) is 1. The minimum absolute atomic E-state index is 0.00280. The molecule has 2 aromatic rings. The van der Waals surface area contributed by atoms with Crippen LogP contribution in [0.2, 0.25) is 10.0 Å². The molecule has 0 saturated heterocycles. The highest BCUT2D eigenvalue weighted by Gasteiger charge is 2.44. The van der Waals surface area contributed by atoms with Gasteiger partial charge in [0.15, 0.2) is 0 Å². The molecular weight excluding hydrogens is 293 g/mol. The van der Waals surface area contributed by atoms with Gasteiger partial charge in [-0.25, -0.2) is 0 Å². The van der Waals surface area contributed by atoms with E-state index in [-0.39, 0.29) is 17.7 Å². The lowest BCUT2D eigenvalue weighted by atomic mass is 10.1. The number of carbonyl (C=O) groups excluding carboxylic acids is 1. The first-order valence-corrected chi connectivity index (χ1v) is 7.22. The van der Waals surface area contributed by atoms with Gasteiger partial charge >= 0.3 is 0 Å². The van der Waals surface area contributed by atoms with Gasteiger partial charge < -0.3 is 5.32 Å². The van der Waals surface area contributed by atoms with E-state index in [1.165, 1.54) is 0 Å². The Morgan fingerprint density at radius 1 is 1.00 bits per heavy atom. The van der Waals surface area contributed by atoms with Crippen LogP contribution in [0.1, 0.15) is 17.9 Å². The molecule has 0 aromatic heterocycles. The van der Waals surface area contributed by atoms with E-state index in [4.69, 9.17) is 23.2 Å². The largest absolute Gasteiger partial charge is 0.325 e. The molecule has 3 rings (SSSR count). The molecule has 1 aliphatic rings. The van der Waals surface area contributed by atoms with Crippen LogP contribution in [0.25, 0.3) is 0 Å². The molecule has 2 nitrogen and oxygen atoms in total. The second-order valence-electron chi connectivity index (χ2n) is 4.94. The summed E-state index contributed by atoms with van der Waals surface area (Å²) in [7, 11) is 0. The predicted octanol–water partition coefficient (Wildman–Crippen LogP) is 4.74. The molecule has 0 heterocycles. The fraction of sp³-hybridized carbons (Fsp3) is 0.188. The van der Waals surface area contributed by atoms with Crippen molar-refractivity contribution in [1.29, 1.82) is 0 Å². The van der Waals surface area contributed by atoms with Crippen LogP contribution >= 0.6 is 23.2 Å². The second kappa shape index (κ2) is 5.47. The van der Waals surface area contributed by atoms with Crippen LogP contribution in [0, 0.1) is 5.92 Å². The van der Waals surface area contributed by atoms with Crippen molar-refractivity contribution in [2.45, 2.75) is 12.3 Å². The first-order chi connectivity index (χ1) is 9.66. The highest BCUT2D eigenvalue weighted by atomic mass is 35.5. The van der Waals surface area contributed by atoms with E-state index < -0.39 is 0 Å². The van der Waals surface area contributed by atoms with Crippen molar-refractivity contribution in [3.05, 3.63) is 64.1 Å². The van der Waals surface area contributed by atoms with Crippen LogP contribution < -0.4 is 5.32 Å². The Kier molecular flexibility index (Phi) is 3.68. The highest BCUT2D eigenvalue weighted by Crippen LogP contribution is 2.50. The third kappa shape index (κ3) is 2.67. The molecular formula is C16H13Cl2NO. The Bertz CT molecular complexity index is 656. The fourth-order valence-electron chi connectivity index (χ4n) is 2.39. The van der Waals surface area contributed by atoms with E-state index in [0.717, 1.165) is 17.0 Å². The predicted molar refractivity (Wildman–Crippen MR) is 82.4 cm³/mol. The first-order valence-electron chi connectivity index (χ1n) is 6.46. The molecule has 2 unspecified atom stereocenters. The number of carbonyl (C=O) groups is 1. The van der Waals surface area contributed by atoms with Gasteiger partial charge in [0.05, 0.1) is 10.7 Å². The summed E-state index contributed by atoms with van der Waals surface area (Å²) in [6, 6.07) is 14.9. The smallest absolute Gasteiger partial charge is 0.228 e. The molecule has 0 radical (unpaired) electrons. The summed E-state index contributed by atoms with van der Waals surface area (Å²) in [6.45, 7) is 0. The zero-order chi connectivity index (χ0) is 14.1. The van der Waals surface area contributed by atoms with Gasteiger partial charge in [-0.2, -0.15) is 0 Å². The van der Waals surface area contributed by atoms with Gasteiger partial charge in [0.25, 0.3) is 0 Å². The van der Waals surface area contributed by atoms with Crippen molar-refractivity contribution in [2.75, 3.05) is 5.32 Å². The van der Waals surface area contributed by atoms with Gasteiger partial charge in [-0.05, 0) is 36.1 Å². The quantitative estimate of drug-likeness (QED) is 0.872. The van der Waals surface area contributed by atoms with Gasteiger partial charge in [0.1, 0.15) is 0 Å². The monoisotopic (exact) mass is 305 g/mol.